The van der Waals surface area contributed by atoms with Crippen molar-refractivity contribution in [2.24, 2.45) is 11.7 Å². The third-order valence-corrected chi connectivity index (χ3v) is 5.32. The molecule has 1 heterocycles. The minimum atomic E-state index is -4.09. The molecular weight excluding hydrogens is 283 g/mol. The lowest BCUT2D eigenvalue weighted by Gasteiger charge is -2.38. The van der Waals surface area contributed by atoms with Gasteiger partial charge in [0.1, 0.15) is 0 Å². The molecule has 20 heavy (non-hydrogen) atoms. The van der Waals surface area contributed by atoms with Crippen LogP contribution < -0.4 is 5.73 Å². The molecule has 0 bridgehead atoms. The fourth-order valence-electron chi connectivity index (χ4n) is 3.11. The number of fused-ring (bicyclic) bond motifs is 1. The number of rotatable bonds is 1. The summed E-state index contributed by atoms with van der Waals surface area (Å²) < 4.78 is 39.4. The standard InChI is InChI=1S/C15H16F3NS/c16-15(17,18)11-4-7-14(19,8-5-11)12-3-1-2-10-6-9-20-13(10)12/h1-3,6,9,11H,4-5,7-8,19H2. The number of alkyl halides is 3. The van der Waals surface area contributed by atoms with E-state index < -0.39 is 17.6 Å². The van der Waals surface area contributed by atoms with E-state index in [2.05, 4.69) is 0 Å². The highest BCUT2D eigenvalue weighted by atomic mass is 32.1. The Kier molecular flexibility index (Phi) is 3.29. The molecule has 1 fully saturated rings. The van der Waals surface area contributed by atoms with Gasteiger partial charge in [-0.05, 0) is 48.1 Å². The van der Waals surface area contributed by atoms with E-state index in [1.165, 1.54) is 0 Å². The van der Waals surface area contributed by atoms with Gasteiger partial charge in [0.2, 0.25) is 0 Å². The van der Waals surface area contributed by atoms with Crippen LogP contribution in [0.25, 0.3) is 10.1 Å². The molecular formula is C15H16F3NS. The Morgan fingerprint density at radius 2 is 1.85 bits per heavy atom. The van der Waals surface area contributed by atoms with Crippen LogP contribution in [0.15, 0.2) is 29.6 Å². The Balaban J connectivity index is 1.89. The fourth-order valence-corrected chi connectivity index (χ4v) is 4.14. The van der Waals surface area contributed by atoms with Crippen LogP contribution in [0, 0.1) is 5.92 Å². The first-order valence-corrected chi connectivity index (χ1v) is 7.60. The smallest absolute Gasteiger partial charge is 0.321 e. The molecule has 1 nitrogen and oxygen atoms in total. The molecule has 1 aromatic carbocycles. The lowest BCUT2D eigenvalue weighted by atomic mass is 9.73. The van der Waals surface area contributed by atoms with Crippen molar-refractivity contribution in [3.05, 3.63) is 35.2 Å². The number of benzene rings is 1. The summed E-state index contributed by atoms with van der Waals surface area (Å²) in [4.78, 5) is 0. The van der Waals surface area contributed by atoms with Crippen molar-refractivity contribution in [2.75, 3.05) is 0 Å². The highest BCUT2D eigenvalue weighted by molar-refractivity contribution is 7.17. The third-order valence-electron chi connectivity index (χ3n) is 4.36. The summed E-state index contributed by atoms with van der Waals surface area (Å²) in [6, 6.07) is 7.94. The molecule has 1 aliphatic rings. The number of halogens is 3. The predicted octanol–water partition coefficient (Wildman–Crippen LogP) is 4.81. The quantitative estimate of drug-likeness (QED) is 0.803. The highest BCUT2D eigenvalue weighted by Gasteiger charge is 2.45. The summed E-state index contributed by atoms with van der Waals surface area (Å²) in [5, 5.41) is 3.12. The van der Waals surface area contributed by atoms with E-state index >= 15 is 0 Å². The molecule has 1 aromatic heterocycles. The van der Waals surface area contributed by atoms with Gasteiger partial charge < -0.3 is 5.73 Å². The van der Waals surface area contributed by atoms with Crippen LogP contribution in [0.2, 0.25) is 0 Å². The first-order valence-electron chi connectivity index (χ1n) is 6.72. The molecule has 3 rings (SSSR count). The molecule has 5 heteroatoms. The summed E-state index contributed by atoms with van der Waals surface area (Å²) in [5.74, 6) is -1.19. The number of thiophene rings is 1. The van der Waals surface area contributed by atoms with Crippen molar-refractivity contribution in [3.8, 4) is 0 Å². The Labute approximate surface area is 119 Å². The van der Waals surface area contributed by atoms with Gasteiger partial charge in [0.25, 0.3) is 0 Å². The summed E-state index contributed by atoms with van der Waals surface area (Å²) >= 11 is 1.61. The van der Waals surface area contributed by atoms with Crippen molar-refractivity contribution < 1.29 is 13.2 Å². The molecule has 2 aromatic rings. The fraction of sp³-hybridized carbons (Fsp3) is 0.467. The van der Waals surface area contributed by atoms with E-state index in [1.54, 1.807) is 11.3 Å². The topological polar surface area (TPSA) is 26.0 Å². The normalized spacial score (nSPS) is 27.9. The average molecular weight is 299 g/mol. The molecule has 108 valence electrons. The Hall–Kier alpha value is -1.07. The Morgan fingerprint density at radius 1 is 1.15 bits per heavy atom. The van der Waals surface area contributed by atoms with Crippen LogP contribution in [0.4, 0.5) is 13.2 Å². The zero-order valence-corrected chi connectivity index (χ0v) is 11.7. The predicted molar refractivity (Wildman–Crippen MR) is 75.7 cm³/mol. The minimum absolute atomic E-state index is 0.127. The summed E-state index contributed by atoms with van der Waals surface area (Å²) in [5.41, 5.74) is 6.84. The second kappa shape index (κ2) is 4.74. The molecule has 0 unspecified atom stereocenters. The molecule has 0 spiro atoms. The highest BCUT2D eigenvalue weighted by Crippen LogP contribution is 2.45. The lowest BCUT2D eigenvalue weighted by Crippen LogP contribution is -2.43. The van der Waals surface area contributed by atoms with E-state index in [1.807, 2.05) is 29.6 Å². The van der Waals surface area contributed by atoms with Crippen LogP contribution >= 0.6 is 11.3 Å². The largest absolute Gasteiger partial charge is 0.391 e. The van der Waals surface area contributed by atoms with Gasteiger partial charge in [-0.3, -0.25) is 0 Å². The molecule has 1 aliphatic carbocycles. The van der Waals surface area contributed by atoms with Gasteiger partial charge in [-0.15, -0.1) is 11.3 Å². The maximum Gasteiger partial charge on any atom is 0.391 e. The molecule has 2 N–H and O–H groups in total. The molecule has 0 atom stereocenters. The van der Waals surface area contributed by atoms with Gasteiger partial charge in [0.15, 0.2) is 0 Å². The van der Waals surface area contributed by atoms with Crippen molar-refractivity contribution in [1.29, 1.82) is 0 Å². The molecule has 0 saturated heterocycles. The van der Waals surface area contributed by atoms with Crippen molar-refractivity contribution in [3.63, 3.8) is 0 Å². The second-order valence-corrected chi connectivity index (χ2v) is 6.53. The average Bonchev–Trinajstić information content (AvgIpc) is 2.86. The second-order valence-electron chi connectivity index (χ2n) is 5.62. The number of hydrogen-bond acceptors (Lipinski definition) is 2. The first kappa shape index (κ1) is 13.9. The van der Waals surface area contributed by atoms with E-state index in [-0.39, 0.29) is 12.8 Å². The van der Waals surface area contributed by atoms with Crippen LogP contribution in [0.3, 0.4) is 0 Å². The molecule has 1 saturated carbocycles. The van der Waals surface area contributed by atoms with Crippen LogP contribution in [0.1, 0.15) is 31.2 Å². The summed E-state index contributed by atoms with van der Waals surface area (Å²) in [6.07, 6.45) is -3.04. The number of nitrogens with two attached hydrogens (primary N) is 1. The number of hydrogen-bond donors (Lipinski definition) is 1. The zero-order valence-electron chi connectivity index (χ0n) is 10.9. The van der Waals surface area contributed by atoms with E-state index in [0.29, 0.717) is 12.8 Å². The molecule has 0 amide bonds. The SMILES string of the molecule is NC1(c2cccc3ccsc23)CCC(C(F)(F)F)CC1. The van der Waals surface area contributed by atoms with Gasteiger partial charge in [0, 0.05) is 10.2 Å². The van der Waals surface area contributed by atoms with Crippen LogP contribution in [-0.4, -0.2) is 6.18 Å². The van der Waals surface area contributed by atoms with Crippen LogP contribution in [0.5, 0.6) is 0 Å². The van der Waals surface area contributed by atoms with E-state index in [9.17, 15) is 13.2 Å². The summed E-state index contributed by atoms with van der Waals surface area (Å²) in [6.45, 7) is 0. The first-order chi connectivity index (χ1) is 9.40. The van der Waals surface area contributed by atoms with Crippen molar-refractivity contribution in [2.45, 2.75) is 37.4 Å². The van der Waals surface area contributed by atoms with E-state index in [4.69, 9.17) is 5.73 Å². The van der Waals surface area contributed by atoms with E-state index in [0.717, 1.165) is 15.6 Å². The van der Waals surface area contributed by atoms with Gasteiger partial charge in [0.05, 0.1) is 5.92 Å². The van der Waals surface area contributed by atoms with Crippen molar-refractivity contribution >= 4 is 21.4 Å². The van der Waals surface area contributed by atoms with Gasteiger partial charge >= 0.3 is 6.18 Å². The lowest BCUT2D eigenvalue weighted by molar-refractivity contribution is -0.184. The van der Waals surface area contributed by atoms with Gasteiger partial charge in [-0.2, -0.15) is 13.2 Å². The zero-order chi connectivity index (χ0) is 14.4. The Morgan fingerprint density at radius 3 is 2.50 bits per heavy atom. The maximum atomic E-state index is 12.8. The van der Waals surface area contributed by atoms with Crippen molar-refractivity contribution in [1.82, 2.24) is 0 Å². The van der Waals surface area contributed by atoms with Crippen LogP contribution in [-0.2, 0) is 5.54 Å². The van der Waals surface area contributed by atoms with Gasteiger partial charge in [-0.25, -0.2) is 0 Å². The summed E-state index contributed by atoms with van der Waals surface area (Å²) in [7, 11) is 0. The molecule has 0 radical (unpaired) electrons. The maximum absolute atomic E-state index is 12.8. The third kappa shape index (κ3) is 2.33. The Bertz CT molecular complexity index is 609. The molecule has 0 aliphatic heterocycles. The minimum Gasteiger partial charge on any atom is -0.321 e. The monoisotopic (exact) mass is 299 g/mol. The van der Waals surface area contributed by atoms with Gasteiger partial charge in [-0.1, -0.05) is 18.2 Å².